The van der Waals surface area contributed by atoms with E-state index in [1.54, 1.807) is 0 Å². The highest BCUT2D eigenvalue weighted by Gasteiger charge is 2.50. The van der Waals surface area contributed by atoms with Crippen LogP contribution in [0.15, 0.2) is 12.3 Å². The van der Waals surface area contributed by atoms with Crippen LogP contribution in [0.4, 0.5) is 0 Å². The summed E-state index contributed by atoms with van der Waals surface area (Å²) in [5.41, 5.74) is -1.22. The Balaban J connectivity index is 5.79. The Hall–Kier alpha value is -0.580. The van der Waals surface area contributed by atoms with E-state index in [1.165, 1.54) is 32.1 Å². The molecule has 0 aliphatic rings. The van der Waals surface area contributed by atoms with Gasteiger partial charge in [0.15, 0.2) is 0 Å². The first kappa shape index (κ1) is 32.4. The van der Waals surface area contributed by atoms with Crippen LogP contribution in [0.1, 0.15) is 140 Å². The smallest absolute Gasteiger partial charge is 0.287 e. The molecule has 0 heterocycles. The van der Waals surface area contributed by atoms with Gasteiger partial charge in [-0.2, -0.15) is 0 Å². The molecule has 0 aromatic carbocycles. The molecule has 0 aliphatic heterocycles. The van der Waals surface area contributed by atoms with E-state index in [-0.39, 0.29) is 5.92 Å². The fraction of sp³-hybridized carbons (Fsp3) is 0.931. The number of hydrogen-bond donors (Lipinski definition) is 0. The van der Waals surface area contributed by atoms with Crippen molar-refractivity contribution >= 4 is 0 Å². The largest absolute Gasteiger partial charge is 0.502 e. The van der Waals surface area contributed by atoms with E-state index < -0.39 is 22.8 Å². The van der Waals surface area contributed by atoms with Crippen LogP contribution in [0.2, 0.25) is 0 Å². The van der Waals surface area contributed by atoms with Gasteiger partial charge in [0.2, 0.25) is 0 Å². The summed E-state index contributed by atoms with van der Waals surface area (Å²) >= 11 is 0. The number of unbranched alkanes of at least 4 members (excludes halogenated alkanes) is 5. The zero-order valence-corrected chi connectivity index (χ0v) is 24.1. The van der Waals surface area contributed by atoms with E-state index in [0.717, 1.165) is 32.1 Å². The van der Waals surface area contributed by atoms with Crippen molar-refractivity contribution in [2.75, 3.05) is 6.61 Å². The quantitative estimate of drug-likeness (QED) is 0.121. The molecular weight excluding hydrogens is 412 g/mol. The summed E-state index contributed by atoms with van der Waals surface area (Å²) < 4.78 is 25.9. The normalized spacial score (nSPS) is 14.8. The number of rotatable bonds is 17. The predicted octanol–water partition coefficient (Wildman–Crippen LogP) is 9.17. The summed E-state index contributed by atoms with van der Waals surface area (Å²) in [6.45, 7) is 23.8. The molecule has 0 rings (SSSR count). The Kier molecular flexibility index (Phi) is 15.2. The van der Waals surface area contributed by atoms with Crippen LogP contribution in [-0.4, -0.2) is 29.4 Å². The zero-order valence-electron chi connectivity index (χ0n) is 24.1. The van der Waals surface area contributed by atoms with Gasteiger partial charge in [-0.15, -0.1) is 0 Å². The lowest BCUT2D eigenvalue weighted by atomic mass is 9.91. The fourth-order valence-corrected chi connectivity index (χ4v) is 3.91. The van der Waals surface area contributed by atoms with E-state index in [1.807, 2.05) is 12.3 Å². The van der Waals surface area contributed by atoms with Crippen LogP contribution >= 0.6 is 0 Å². The first-order chi connectivity index (χ1) is 15.1. The lowest BCUT2D eigenvalue weighted by Crippen LogP contribution is -2.56. The number of allylic oxidation sites excluding steroid dienone is 1. The topological polar surface area (TPSA) is 36.9 Å². The highest BCUT2D eigenvalue weighted by Crippen LogP contribution is 2.42. The molecule has 0 amide bonds. The van der Waals surface area contributed by atoms with Crippen LogP contribution < -0.4 is 0 Å². The average Bonchev–Trinajstić information content (AvgIpc) is 2.61. The molecule has 0 spiro atoms. The van der Waals surface area contributed by atoms with Crippen molar-refractivity contribution in [3.8, 4) is 0 Å². The molecule has 0 saturated carbocycles. The fourth-order valence-electron chi connectivity index (χ4n) is 3.91. The maximum absolute atomic E-state index is 6.73. The molecule has 0 saturated heterocycles. The van der Waals surface area contributed by atoms with Crippen LogP contribution in [0, 0.1) is 5.92 Å². The summed E-state index contributed by atoms with van der Waals surface area (Å²) in [4.78, 5) is 0. The predicted molar refractivity (Wildman–Crippen MR) is 141 cm³/mol. The van der Waals surface area contributed by atoms with Crippen LogP contribution in [0.5, 0.6) is 0 Å². The van der Waals surface area contributed by atoms with Crippen molar-refractivity contribution in [1.29, 1.82) is 0 Å². The van der Waals surface area contributed by atoms with Crippen LogP contribution in [-0.2, 0) is 18.9 Å². The zero-order chi connectivity index (χ0) is 25.6. The van der Waals surface area contributed by atoms with E-state index in [9.17, 15) is 0 Å². The molecular formula is C29H58O4. The number of ether oxygens (including phenoxy) is 4. The third kappa shape index (κ3) is 17.5. The van der Waals surface area contributed by atoms with E-state index in [2.05, 4.69) is 76.2 Å². The molecule has 4 heteroatoms. The summed E-state index contributed by atoms with van der Waals surface area (Å²) in [5, 5.41) is 0. The van der Waals surface area contributed by atoms with Gasteiger partial charge < -0.3 is 18.9 Å². The molecule has 198 valence electrons. The van der Waals surface area contributed by atoms with Gasteiger partial charge in [-0.25, -0.2) is 0 Å². The van der Waals surface area contributed by atoms with Gasteiger partial charge in [-0.3, -0.25) is 0 Å². The SMILES string of the molecule is CCC=COCCCC(CCCCCCCC)C(OC(C)(C)C)(OC(C)(C)C)OC(C)(C)C. The summed E-state index contributed by atoms with van der Waals surface area (Å²) in [5.74, 6) is -1.00. The molecule has 33 heavy (non-hydrogen) atoms. The van der Waals surface area contributed by atoms with Crippen LogP contribution in [0.3, 0.4) is 0 Å². The highest BCUT2D eigenvalue weighted by molar-refractivity contribution is 4.82. The molecule has 0 radical (unpaired) electrons. The maximum Gasteiger partial charge on any atom is 0.287 e. The lowest BCUT2D eigenvalue weighted by molar-refractivity contribution is -0.468. The molecule has 0 fully saturated rings. The van der Waals surface area contributed by atoms with E-state index >= 15 is 0 Å². The third-order valence-electron chi connectivity index (χ3n) is 4.99. The molecule has 0 aromatic rings. The summed E-state index contributed by atoms with van der Waals surface area (Å²) in [7, 11) is 0. The number of hydrogen-bond acceptors (Lipinski definition) is 4. The first-order valence-corrected chi connectivity index (χ1v) is 13.5. The lowest BCUT2D eigenvalue weighted by Gasteiger charge is -2.49. The van der Waals surface area contributed by atoms with Crippen molar-refractivity contribution in [1.82, 2.24) is 0 Å². The molecule has 0 aliphatic carbocycles. The minimum Gasteiger partial charge on any atom is -0.502 e. The standard InChI is InChI=1S/C29H58O4/c1-12-14-16-17-18-19-21-25(22-20-24-30-23-15-13-2)29(31-26(3,4)5,32-27(6,7)8)33-28(9,10)11/h15,23,25H,12-14,16-22,24H2,1-11H3. The maximum atomic E-state index is 6.73. The van der Waals surface area contributed by atoms with Crippen molar-refractivity contribution < 1.29 is 18.9 Å². The van der Waals surface area contributed by atoms with Gasteiger partial charge in [0, 0.05) is 5.92 Å². The second-order valence-electron chi connectivity index (χ2n) is 12.3. The highest BCUT2D eigenvalue weighted by atomic mass is 16.9. The summed E-state index contributed by atoms with van der Waals surface area (Å²) in [6, 6.07) is 0. The van der Waals surface area contributed by atoms with Gasteiger partial charge in [0.05, 0.1) is 29.7 Å². The van der Waals surface area contributed by atoms with E-state index in [4.69, 9.17) is 18.9 Å². The minimum atomic E-state index is -1.11. The monoisotopic (exact) mass is 470 g/mol. The minimum absolute atomic E-state index is 0.111. The van der Waals surface area contributed by atoms with E-state index in [0.29, 0.717) is 6.61 Å². The average molecular weight is 471 g/mol. The summed E-state index contributed by atoms with van der Waals surface area (Å²) in [6.07, 6.45) is 15.3. The first-order valence-electron chi connectivity index (χ1n) is 13.5. The van der Waals surface area contributed by atoms with Gasteiger partial charge >= 0.3 is 0 Å². The van der Waals surface area contributed by atoms with Gasteiger partial charge in [0.25, 0.3) is 5.97 Å². The Morgan fingerprint density at radius 3 is 1.52 bits per heavy atom. The Bertz CT molecular complexity index is 464. The van der Waals surface area contributed by atoms with Crippen molar-refractivity contribution in [3.05, 3.63) is 12.3 Å². The van der Waals surface area contributed by atoms with Gasteiger partial charge in [-0.05, 0) is 88.0 Å². The van der Waals surface area contributed by atoms with Crippen molar-refractivity contribution in [3.63, 3.8) is 0 Å². The van der Waals surface area contributed by atoms with Crippen LogP contribution in [0.25, 0.3) is 0 Å². The second kappa shape index (κ2) is 15.4. The molecule has 4 nitrogen and oxygen atoms in total. The van der Waals surface area contributed by atoms with Crippen molar-refractivity contribution in [2.45, 2.75) is 163 Å². The molecule has 0 aromatic heterocycles. The molecule has 0 bridgehead atoms. The second-order valence-corrected chi connectivity index (χ2v) is 12.3. The van der Waals surface area contributed by atoms with Gasteiger partial charge in [0.1, 0.15) is 0 Å². The molecule has 1 unspecified atom stereocenters. The van der Waals surface area contributed by atoms with Crippen molar-refractivity contribution in [2.24, 2.45) is 5.92 Å². The Morgan fingerprint density at radius 1 is 0.606 bits per heavy atom. The Labute approximate surface area is 207 Å². The Morgan fingerprint density at radius 2 is 1.06 bits per heavy atom. The van der Waals surface area contributed by atoms with Gasteiger partial charge in [-0.1, -0.05) is 58.4 Å². The molecule has 0 N–H and O–H groups in total. The third-order valence-corrected chi connectivity index (χ3v) is 4.99. The molecule has 1 atom stereocenters.